The maximum atomic E-state index is 11.6. The van der Waals surface area contributed by atoms with Gasteiger partial charge >= 0.3 is 0 Å². The molecule has 3 N–H and O–H groups in total. The molecule has 0 radical (unpaired) electrons. The number of hydrogen-bond donors (Lipinski definition) is 2. The third-order valence-corrected chi connectivity index (χ3v) is 3.23. The van der Waals surface area contributed by atoms with Gasteiger partial charge in [-0.1, -0.05) is 30.3 Å². The van der Waals surface area contributed by atoms with Gasteiger partial charge in [0, 0.05) is 6.54 Å². The van der Waals surface area contributed by atoms with E-state index < -0.39 is 21.3 Å². The fraction of sp³-hybridized carbons (Fsp3) is 0.300. The number of hydrogen-bond acceptors (Lipinski definition) is 3. The lowest BCUT2D eigenvalue weighted by atomic mass is 10.1. The summed E-state index contributed by atoms with van der Waals surface area (Å²) in [6.07, 6.45) is 0. The Balaban J connectivity index is 2.49. The summed E-state index contributed by atoms with van der Waals surface area (Å²) in [5.74, 6) is -0.751. The quantitative estimate of drug-likeness (QED) is 0.762. The van der Waals surface area contributed by atoms with Crippen LogP contribution in [-0.2, 0) is 14.8 Å². The summed E-state index contributed by atoms with van der Waals surface area (Å²) >= 11 is 5.91. The summed E-state index contributed by atoms with van der Waals surface area (Å²) in [6, 6.07) is 8.78. The molecule has 7 heteroatoms. The van der Waals surface area contributed by atoms with E-state index in [0.29, 0.717) is 5.56 Å². The minimum Gasteiger partial charge on any atom is -0.353 e. The molecule has 0 aliphatic heterocycles. The van der Waals surface area contributed by atoms with Crippen molar-refractivity contribution in [2.24, 2.45) is 5.14 Å². The van der Waals surface area contributed by atoms with Crippen molar-refractivity contribution in [3.05, 3.63) is 35.9 Å². The Kier molecular flexibility index (Phi) is 4.92. The van der Waals surface area contributed by atoms with Gasteiger partial charge in [0.25, 0.3) is 0 Å². The zero-order valence-electron chi connectivity index (χ0n) is 8.97. The second-order valence-electron chi connectivity index (χ2n) is 3.43. The first-order chi connectivity index (χ1) is 7.90. The highest BCUT2D eigenvalue weighted by atomic mass is 35.5. The molecule has 1 aromatic carbocycles. The van der Waals surface area contributed by atoms with E-state index in [4.69, 9.17) is 16.7 Å². The highest BCUT2D eigenvalue weighted by Crippen LogP contribution is 2.19. The predicted octanol–water partition coefficient (Wildman–Crippen LogP) is 0.371. The van der Waals surface area contributed by atoms with Crippen LogP contribution >= 0.6 is 11.6 Å². The van der Waals surface area contributed by atoms with Gasteiger partial charge in [-0.3, -0.25) is 4.79 Å². The number of halogens is 1. The molecule has 5 nitrogen and oxygen atoms in total. The van der Waals surface area contributed by atoms with Crippen molar-refractivity contribution in [2.75, 3.05) is 12.3 Å². The average molecular weight is 277 g/mol. The van der Waals surface area contributed by atoms with Crippen LogP contribution in [0.5, 0.6) is 0 Å². The number of primary sulfonamides is 1. The Morgan fingerprint density at radius 3 is 2.47 bits per heavy atom. The summed E-state index contributed by atoms with van der Waals surface area (Å²) in [7, 11) is -3.57. The fourth-order valence-corrected chi connectivity index (χ4v) is 1.79. The molecule has 0 spiro atoms. The molecule has 0 fully saturated rings. The Labute approximate surface area is 105 Å². The number of alkyl halides is 1. The molecule has 0 aromatic heterocycles. The highest BCUT2D eigenvalue weighted by Gasteiger charge is 2.17. The SMILES string of the molecule is NS(=O)(=O)CCNC(=O)C(Cl)c1ccccc1. The minimum atomic E-state index is -3.57. The molecule has 1 atom stereocenters. The first-order valence-electron chi connectivity index (χ1n) is 4.87. The molecule has 0 aliphatic carbocycles. The van der Waals surface area contributed by atoms with Crippen molar-refractivity contribution in [3.8, 4) is 0 Å². The van der Waals surface area contributed by atoms with Gasteiger partial charge < -0.3 is 5.32 Å². The largest absolute Gasteiger partial charge is 0.353 e. The fourth-order valence-electron chi connectivity index (χ4n) is 1.18. The molecule has 94 valence electrons. The number of nitrogens with one attached hydrogen (secondary N) is 1. The summed E-state index contributed by atoms with van der Waals surface area (Å²) in [5.41, 5.74) is 0.655. The number of sulfonamides is 1. The standard InChI is InChI=1S/C10H13ClN2O3S/c11-9(8-4-2-1-3-5-8)10(14)13-6-7-17(12,15)16/h1-5,9H,6-7H2,(H,13,14)(H2,12,15,16). The first-order valence-corrected chi connectivity index (χ1v) is 7.02. The Morgan fingerprint density at radius 1 is 1.35 bits per heavy atom. The van der Waals surface area contributed by atoms with Crippen molar-refractivity contribution in [1.29, 1.82) is 0 Å². The highest BCUT2D eigenvalue weighted by molar-refractivity contribution is 7.89. The lowest BCUT2D eigenvalue weighted by Gasteiger charge is -2.10. The van der Waals surface area contributed by atoms with E-state index in [-0.39, 0.29) is 12.3 Å². The van der Waals surface area contributed by atoms with E-state index in [1.54, 1.807) is 24.3 Å². The van der Waals surface area contributed by atoms with Crippen LogP contribution in [0.1, 0.15) is 10.9 Å². The lowest BCUT2D eigenvalue weighted by Crippen LogP contribution is -2.33. The maximum Gasteiger partial charge on any atom is 0.242 e. The molecular formula is C10H13ClN2O3S. The van der Waals surface area contributed by atoms with Crippen molar-refractivity contribution in [3.63, 3.8) is 0 Å². The molecule has 0 aliphatic rings. The van der Waals surface area contributed by atoms with Crippen molar-refractivity contribution < 1.29 is 13.2 Å². The Bertz CT molecular complexity index is 476. The monoisotopic (exact) mass is 276 g/mol. The molecule has 0 saturated heterocycles. The van der Waals surface area contributed by atoms with Crippen LogP contribution in [0.15, 0.2) is 30.3 Å². The number of amides is 1. The third kappa shape index (κ3) is 5.16. The van der Waals surface area contributed by atoms with Gasteiger partial charge in [0.2, 0.25) is 15.9 Å². The molecule has 1 amide bonds. The van der Waals surface area contributed by atoms with E-state index in [2.05, 4.69) is 5.32 Å². The van der Waals surface area contributed by atoms with Crippen LogP contribution in [0.25, 0.3) is 0 Å². The van der Waals surface area contributed by atoms with Gasteiger partial charge in [0.1, 0.15) is 5.38 Å². The van der Waals surface area contributed by atoms with Crippen molar-refractivity contribution in [2.45, 2.75) is 5.38 Å². The second-order valence-corrected chi connectivity index (χ2v) is 5.60. The van der Waals surface area contributed by atoms with Gasteiger partial charge in [-0.25, -0.2) is 13.6 Å². The summed E-state index contributed by atoms with van der Waals surface area (Å²) in [6.45, 7) is -0.0479. The van der Waals surface area contributed by atoms with Crippen LogP contribution in [0.2, 0.25) is 0 Å². The molecular weight excluding hydrogens is 264 g/mol. The summed E-state index contributed by atoms with van der Waals surface area (Å²) in [4.78, 5) is 11.6. The number of rotatable bonds is 5. The van der Waals surface area contributed by atoms with Gasteiger partial charge in [-0.15, -0.1) is 11.6 Å². The summed E-state index contributed by atoms with van der Waals surface area (Å²) in [5, 5.41) is 6.37. The molecule has 0 heterocycles. The van der Waals surface area contributed by atoms with E-state index in [1.165, 1.54) is 0 Å². The zero-order valence-corrected chi connectivity index (χ0v) is 10.5. The Morgan fingerprint density at radius 2 is 1.94 bits per heavy atom. The minimum absolute atomic E-state index is 0.0479. The number of carbonyl (C=O) groups excluding carboxylic acids is 1. The molecule has 17 heavy (non-hydrogen) atoms. The van der Waals surface area contributed by atoms with Crippen LogP contribution < -0.4 is 10.5 Å². The van der Waals surface area contributed by atoms with E-state index in [0.717, 1.165) is 0 Å². The molecule has 0 bridgehead atoms. The van der Waals surface area contributed by atoms with Crippen LogP contribution in [0.4, 0.5) is 0 Å². The van der Waals surface area contributed by atoms with Gasteiger partial charge in [0.15, 0.2) is 0 Å². The van der Waals surface area contributed by atoms with Crippen LogP contribution in [0, 0.1) is 0 Å². The topological polar surface area (TPSA) is 89.3 Å². The zero-order chi connectivity index (χ0) is 12.9. The maximum absolute atomic E-state index is 11.6. The molecule has 1 aromatic rings. The van der Waals surface area contributed by atoms with Crippen molar-refractivity contribution >= 4 is 27.5 Å². The average Bonchev–Trinajstić information content (AvgIpc) is 2.27. The molecule has 1 unspecified atom stereocenters. The normalized spacial score (nSPS) is 13.1. The van der Waals surface area contributed by atoms with E-state index in [9.17, 15) is 13.2 Å². The van der Waals surface area contributed by atoms with E-state index >= 15 is 0 Å². The molecule has 0 saturated carbocycles. The van der Waals surface area contributed by atoms with Gasteiger partial charge in [-0.05, 0) is 5.56 Å². The predicted molar refractivity (Wildman–Crippen MR) is 66.0 cm³/mol. The number of benzene rings is 1. The smallest absolute Gasteiger partial charge is 0.242 e. The lowest BCUT2D eigenvalue weighted by molar-refractivity contribution is -0.120. The number of carbonyl (C=O) groups is 1. The first kappa shape index (κ1) is 14.0. The number of nitrogens with two attached hydrogens (primary N) is 1. The third-order valence-electron chi connectivity index (χ3n) is 2.01. The van der Waals surface area contributed by atoms with E-state index in [1.807, 2.05) is 6.07 Å². The van der Waals surface area contributed by atoms with Crippen molar-refractivity contribution in [1.82, 2.24) is 5.32 Å². The van der Waals surface area contributed by atoms with Crippen LogP contribution in [-0.4, -0.2) is 26.6 Å². The van der Waals surface area contributed by atoms with Crippen LogP contribution in [0.3, 0.4) is 0 Å². The molecule has 1 rings (SSSR count). The van der Waals surface area contributed by atoms with Gasteiger partial charge in [0.05, 0.1) is 5.75 Å². The second kappa shape index (κ2) is 6.00. The van der Waals surface area contributed by atoms with Gasteiger partial charge in [-0.2, -0.15) is 0 Å². The Hall–Kier alpha value is -1.11. The summed E-state index contributed by atoms with van der Waals surface area (Å²) < 4.78 is 21.3.